The van der Waals surface area contributed by atoms with Crippen molar-refractivity contribution in [3.8, 4) is 0 Å². The summed E-state index contributed by atoms with van der Waals surface area (Å²) in [5, 5.41) is 27.8. The number of carbonyl (C=O) groups excluding carboxylic acids is 18. The first-order valence-electron chi connectivity index (χ1n) is 39.7. The van der Waals surface area contributed by atoms with Gasteiger partial charge < -0.3 is 91.1 Å². The van der Waals surface area contributed by atoms with E-state index in [1.54, 1.807) is 4.90 Å². The molecule has 0 aromatic heterocycles. The smallest absolute Gasteiger partial charge is 0.262 e. The van der Waals surface area contributed by atoms with Gasteiger partial charge in [0.25, 0.3) is 5.91 Å². The molecule has 602 valence electrons. The van der Waals surface area contributed by atoms with Crippen molar-refractivity contribution < 1.29 is 91.5 Å². The van der Waals surface area contributed by atoms with Crippen LogP contribution in [-0.4, -0.2) is 356 Å². The van der Waals surface area contributed by atoms with E-state index in [0.29, 0.717) is 135 Å². The normalized spacial score (nSPS) is 27.9. The Labute approximate surface area is 636 Å². The maximum Gasteiger partial charge on any atom is 0.262 e. The highest BCUT2D eigenvalue weighted by molar-refractivity contribution is 6.01. The summed E-state index contributed by atoms with van der Waals surface area (Å²) in [6.45, 7) is 0.694. The molecule has 0 aromatic carbocycles. The zero-order chi connectivity index (χ0) is 78.0. The quantitative estimate of drug-likeness (QED) is 0.0321. The van der Waals surface area contributed by atoms with Gasteiger partial charge in [-0.2, -0.15) is 0 Å². The second-order valence-electron chi connectivity index (χ2n) is 30.9. The number of rotatable bonds is 24. The second-order valence-corrected chi connectivity index (χ2v) is 30.9. The molecule has 0 saturated carbocycles. The molecule has 18 amide bonds. The van der Waals surface area contributed by atoms with E-state index in [0.717, 1.165) is 13.0 Å². The predicted octanol–water partition coefficient (Wildman–Crippen LogP) is -6.16. The minimum atomic E-state index is -0.975. The van der Waals surface area contributed by atoms with Crippen molar-refractivity contribution in [2.75, 3.05) is 118 Å². The van der Waals surface area contributed by atoms with Gasteiger partial charge in [-0.05, 0) is 161 Å². The molecule has 38 nitrogen and oxygen atoms in total. The van der Waals surface area contributed by atoms with Gasteiger partial charge >= 0.3 is 0 Å². The highest BCUT2D eigenvalue weighted by atomic mass is 16.5. The SMILES string of the molecule is O=C(CNC(=O)[C@@H]1CCCN1C(=O)[C@@H]1CCCN1C(=O)CNC(=O)[C@@H]1CCCN1C(=O)[C@@H]1CCCN1C(=O)CNC(=O)[C@@H]1CCCN1C(=O)[C@@H]1CCCN1C(=O)CNC(=O)[C@@H]1CCCN1C(=O)[C@@H]1CCCN1C(=O)CNC(=O)[C@@H]1CCCN1C(=O)[C@@H]1CCCN1C(=O)CNC(=O)[C@@H]1CCCN1C(=O)[C@@H]1CCCN1)NO. The van der Waals surface area contributed by atoms with Crippen LogP contribution in [0, 0.1) is 0 Å². The summed E-state index contributed by atoms with van der Waals surface area (Å²) in [7, 11) is 0. The first-order valence-corrected chi connectivity index (χ1v) is 39.7. The van der Waals surface area contributed by atoms with Crippen molar-refractivity contribution >= 4 is 106 Å². The summed E-state index contributed by atoms with van der Waals surface area (Å²) in [6.07, 6.45) is 10.7. The Balaban J connectivity index is 0.559. The number of carbonyl (C=O) groups is 18. The lowest BCUT2D eigenvalue weighted by Crippen LogP contribution is -2.57. The number of hydrogen-bond acceptors (Lipinski definition) is 20. The number of hydroxylamine groups is 1. The minimum absolute atomic E-state index is 0.118. The summed E-state index contributed by atoms with van der Waals surface area (Å²) >= 11 is 0. The predicted molar refractivity (Wildman–Crippen MR) is 381 cm³/mol. The van der Waals surface area contributed by atoms with Crippen LogP contribution in [0.3, 0.4) is 0 Å². The lowest BCUT2D eigenvalue weighted by molar-refractivity contribution is -0.148. The molecule has 0 radical (unpaired) electrons. The van der Waals surface area contributed by atoms with Crippen LogP contribution >= 0.6 is 0 Å². The number of nitrogens with zero attached hydrogens (tertiary/aromatic N) is 11. The summed E-state index contributed by atoms with van der Waals surface area (Å²) in [4.78, 5) is 262. The van der Waals surface area contributed by atoms with E-state index in [1.165, 1.54) is 54.5 Å². The molecule has 12 aliphatic rings. The first-order chi connectivity index (χ1) is 53.0. The van der Waals surface area contributed by atoms with Crippen LogP contribution in [0.15, 0.2) is 0 Å². The molecule has 9 N–H and O–H groups in total. The average Bonchev–Trinajstić information content (AvgIpc) is 1.68. The molecular formula is C72H105N19O19. The number of likely N-dealkylation sites (tertiary alicyclic amines) is 11. The molecule has 38 heteroatoms. The van der Waals surface area contributed by atoms with Gasteiger partial charge in [-0.3, -0.25) is 91.5 Å². The molecule has 0 aliphatic carbocycles. The van der Waals surface area contributed by atoms with Gasteiger partial charge in [0, 0.05) is 72.0 Å². The first kappa shape index (κ1) is 79.9. The van der Waals surface area contributed by atoms with Gasteiger partial charge in [-0.1, -0.05) is 0 Å². The molecule has 12 saturated heterocycles. The van der Waals surface area contributed by atoms with Crippen LogP contribution in [0.25, 0.3) is 0 Å². The third-order valence-electron chi connectivity index (χ3n) is 24.3. The molecule has 110 heavy (non-hydrogen) atoms. The lowest BCUT2D eigenvalue weighted by atomic mass is 10.1. The minimum Gasteiger partial charge on any atom is -0.345 e. The van der Waals surface area contributed by atoms with Crippen molar-refractivity contribution in [3.05, 3.63) is 0 Å². The van der Waals surface area contributed by atoms with Crippen LogP contribution in [0.2, 0.25) is 0 Å². The lowest BCUT2D eigenvalue weighted by Gasteiger charge is -2.32. The van der Waals surface area contributed by atoms with E-state index in [9.17, 15) is 86.3 Å². The highest BCUT2D eigenvalue weighted by Gasteiger charge is 2.50. The van der Waals surface area contributed by atoms with Crippen LogP contribution in [-0.2, 0) is 86.3 Å². The van der Waals surface area contributed by atoms with Gasteiger partial charge in [-0.25, -0.2) is 5.48 Å². The monoisotopic (exact) mass is 1540 g/mol. The Kier molecular flexibility index (Phi) is 26.2. The molecule has 12 heterocycles. The van der Waals surface area contributed by atoms with Crippen molar-refractivity contribution in [1.82, 2.24) is 96.6 Å². The van der Waals surface area contributed by atoms with E-state index in [-0.39, 0.29) is 103 Å². The highest BCUT2D eigenvalue weighted by Crippen LogP contribution is 2.32. The van der Waals surface area contributed by atoms with Gasteiger partial charge in [0.2, 0.25) is 100 Å². The molecule has 0 unspecified atom stereocenters. The third-order valence-corrected chi connectivity index (χ3v) is 24.3. The topological polar surface area (TPSA) is 459 Å². The standard InChI is InChI=1S/C72H105N19O19/c92-55(80-110)37-74-61(98)45-15-3-32-87(45)68(105)50-20-8-26-81(50)57(94)39-76-63(100)47-17-5-34-89(47)70(107)52-22-10-28-83(52)59(96)41-78-65(102)49-19-7-36-91(49)72(109)54-24-12-30-85(54)60(97)42-79-66(103)48-18-6-35-90(48)71(108)53-23-11-29-84(53)58(95)40-77-64(101)46-16-4-33-88(46)69(106)51-21-9-27-82(51)56(93)38-75-62(99)44-14-2-31-86(44)67(104)43-13-1-25-73-43/h43-54,73,110H,1-42H2,(H,74,98)(H,75,99)(H,76,100)(H,77,101)(H,78,102)(H,79,103)(H,80,92)/t43-,44-,45-,46-,47-,48-,49-,50-,51-,52-,53-,54-/m0/s1. The maximum absolute atomic E-state index is 14.4. The van der Waals surface area contributed by atoms with Crippen molar-refractivity contribution in [2.24, 2.45) is 0 Å². The molecule has 12 atom stereocenters. The molecule has 0 aromatic rings. The molecular weight excluding hydrogens is 1430 g/mol. The fourth-order valence-corrected chi connectivity index (χ4v) is 18.7. The van der Waals surface area contributed by atoms with Crippen molar-refractivity contribution in [3.63, 3.8) is 0 Å². The Morgan fingerprint density at radius 3 is 0.627 bits per heavy atom. The zero-order valence-electron chi connectivity index (χ0n) is 62.3. The second kappa shape index (κ2) is 36.0. The van der Waals surface area contributed by atoms with Gasteiger partial charge in [-0.15, -0.1) is 0 Å². The van der Waals surface area contributed by atoms with E-state index >= 15 is 0 Å². The Morgan fingerprint density at radius 2 is 0.427 bits per heavy atom. The molecule has 12 fully saturated rings. The number of amides is 18. The number of nitrogens with one attached hydrogen (secondary N) is 8. The summed E-state index contributed by atoms with van der Waals surface area (Å²) < 4.78 is 0. The molecule has 12 aliphatic heterocycles. The van der Waals surface area contributed by atoms with Gasteiger partial charge in [0.05, 0.1) is 45.3 Å². The van der Waals surface area contributed by atoms with Gasteiger partial charge in [0.1, 0.15) is 66.5 Å². The van der Waals surface area contributed by atoms with Crippen LogP contribution in [0.5, 0.6) is 0 Å². The van der Waals surface area contributed by atoms with E-state index < -0.39 is 200 Å². The Hall–Kier alpha value is -9.62. The van der Waals surface area contributed by atoms with Crippen molar-refractivity contribution in [1.29, 1.82) is 0 Å². The van der Waals surface area contributed by atoms with E-state index in [4.69, 9.17) is 5.21 Å². The largest absolute Gasteiger partial charge is 0.345 e. The summed E-state index contributed by atoms with van der Waals surface area (Å²) in [6, 6.07) is -10.3. The third kappa shape index (κ3) is 17.4. The van der Waals surface area contributed by atoms with Crippen molar-refractivity contribution in [2.45, 2.75) is 227 Å². The Morgan fingerprint density at radius 1 is 0.236 bits per heavy atom. The van der Waals surface area contributed by atoms with Crippen LogP contribution in [0.1, 0.15) is 154 Å². The zero-order valence-corrected chi connectivity index (χ0v) is 62.3. The maximum atomic E-state index is 14.4. The average molecular weight is 1540 g/mol. The van der Waals surface area contributed by atoms with Crippen LogP contribution in [0.4, 0.5) is 0 Å². The molecule has 0 spiro atoms. The summed E-state index contributed by atoms with van der Waals surface area (Å²) in [5.41, 5.74) is 1.43. The molecule has 0 bridgehead atoms. The fraction of sp³-hybridized carbons (Fsp3) is 0.750. The van der Waals surface area contributed by atoms with E-state index in [1.807, 2.05) is 0 Å². The van der Waals surface area contributed by atoms with Gasteiger partial charge in [0.15, 0.2) is 0 Å². The fourth-order valence-electron chi connectivity index (χ4n) is 18.7. The summed E-state index contributed by atoms with van der Waals surface area (Å²) in [5.74, 6) is -9.13. The molecule has 12 rings (SSSR count). The van der Waals surface area contributed by atoms with Crippen LogP contribution < -0.4 is 42.7 Å². The van der Waals surface area contributed by atoms with E-state index in [2.05, 4.69) is 37.2 Å². The number of hydrogen-bond donors (Lipinski definition) is 9. The Bertz CT molecular complexity index is 3620.